The summed E-state index contributed by atoms with van der Waals surface area (Å²) in [5.41, 5.74) is 0.862. The highest BCUT2D eigenvalue weighted by Gasteiger charge is 2.23. The second-order valence-electron chi connectivity index (χ2n) is 4.29. The van der Waals surface area contributed by atoms with Crippen molar-refractivity contribution in [3.8, 4) is 16.6 Å². The quantitative estimate of drug-likeness (QED) is 0.809. The Labute approximate surface area is 103 Å². The van der Waals surface area contributed by atoms with Gasteiger partial charge in [0, 0.05) is 10.9 Å². The average molecular weight is 246 g/mol. The first-order valence-corrected chi connectivity index (χ1v) is 6.04. The van der Waals surface area contributed by atoms with Crippen molar-refractivity contribution < 1.29 is 4.39 Å². The zero-order valence-electron chi connectivity index (χ0n) is 9.57. The predicted molar refractivity (Wildman–Crippen MR) is 66.1 cm³/mol. The summed E-state index contributed by atoms with van der Waals surface area (Å²) in [6.07, 6.45) is 0. The van der Waals surface area contributed by atoms with Crippen molar-refractivity contribution in [3.63, 3.8) is 0 Å². The van der Waals surface area contributed by atoms with Gasteiger partial charge in [0.2, 0.25) is 0 Å². The molecule has 0 aliphatic rings. The third kappa shape index (κ3) is 2.34. The number of halogens is 1. The predicted octanol–water partition coefficient (Wildman–Crippen LogP) is 3.75. The number of thiazole rings is 1. The summed E-state index contributed by atoms with van der Waals surface area (Å²) in [5, 5.41) is 11.6. The molecule has 0 saturated carbocycles. The summed E-state index contributed by atoms with van der Waals surface area (Å²) in [6.45, 7) is 3.63. The van der Waals surface area contributed by atoms with E-state index in [1.54, 1.807) is 6.07 Å². The maximum Gasteiger partial charge on any atom is 0.123 e. The summed E-state index contributed by atoms with van der Waals surface area (Å²) in [7, 11) is 0. The minimum absolute atomic E-state index is 0.279. The standard InChI is InChI=1S/C13H11FN2S/c1-13(2,8-15)11-7-17-12(16-11)9-4-3-5-10(14)6-9/h3-7H,1-2H3. The highest BCUT2D eigenvalue weighted by molar-refractivity contribution is 7.13. The Morgan fingerprint density at radius 1 is 1.41 bits per heavy atom. The first-order valence-electron chi connectivity index (χ1n) is 5.16. The van der Waals surface area contributed by atoms with E-state index in [9.17, 15) is 4.39 Å². The first-order chi connectivity index (χ1) is 8.03. The molecule has 2 rings (SSSR count). The van der Waals surface area contributed by atoms with Crippen LogP contribution in [0.4, 0.5) is 4.39 Å². The number of rotatable bonds is 2. The topological polar surface area (TPSA) is 36.7 Å². The Morgan fingerprint density at radius 3 is 2.82 bits per heavy atom. The fourth-order valence-corrected chi connectivity index (χ4v) is 2.36. The largest absolute Gasteiger partial charge is 0.239 e. The lowest BCUT2D eigenvalue weighted by molar-refractivity contribution is 0.628. The number of benzene rings is 1. The van der Waals surface area contributed by atoms with Crippen molar-refractivity contribution in [2.75, 3.05) is 0 Å². The molecule has 17 heavy (non-hydrogen) atoms. The van der Waals surface area contributed by atoms with Gasteiger partial charge >= 0.3 is 0 Å². The first kappa shape index (κ1) is 11.7. The third-order valence-electron chi connectivity index (χ3n) is 2.50. The lowest BCUT2D eigenvalue weighted by Gasteiger charge is -2.10. The normalized spacial score (nSPS) is 11.2. The van der Waals surface area contributed by atoms with Crippen molar-refractivity contribution in [2.24, 2.45) is 0 Å². The zero-order valence-corrected chi connectivity index (χ0v) is 10.4. The monoisotopic (exact) mass is 246 g/mol. The van der Waals surface area contributed by atoms with E-state index in [4.69, 9.17) is 5.26 Å². The zero-order chi connectivity index (χ0) is 12.5. The van der Waals surface area contributed by atoms with Crippen LogP contribution in [-0.2, 0) is 5.41 Å². The Hall–Kier alpha value is -1.73. The minimum atomic E-state index is -0.609. The molecule has 1 aromatic carbocycles. The molecule has 2 aromatic rings. The van der Waals surface area contributed by atoms with Crippen molar-refractivity contribution in [3.05, 3.63) is 41.2 Å². The van der Waals surface area contributed by atoms with Crippen LogP contribution in [0.3, 0.4) is 0 Å². The van der Waals surface area contributed by atoms with E-state index in [0.29, 0.717) is 0 Å². The highest BCUT2D eigenvalue weighted by atomic mass is 32.1. The van der Waals surface area contributed by atoms with Crippen molar-refractivity contribution in [1.29, 1.82) is 5.26 Å². The molecule has 0 aliphatic heterocycles. The molecule has 0 atom stereocenters. The number of nitriles is 1. The van der Waals surface area contributed by atoms with E-state index in [2.05, 4.69) is 11.1 Å². The molecule has 86 valence electrons. The minimum Gasteiger partial charge on any atom is -0.239 e. The Morgan fingerprint density at radius 2 is 2.18 bits per heavy atom. The molecule has 1 heterocycles. The summed E-state index contributed by atoms with van der Waals surface area (Å²) in [5.74, 6) is -0.279. The number of hydrogen-bond donors (Lipinski definition) is 0. The molecule has 0 bridgehead atoms. The fraction of sp³-hybridized carbons (Fsp3) is 0.231. The third-order valence-corrected chi connectivity index (χ3v) is 3.39. The molecule has 0 amide bonds. The smallest absolute Gasteiger partial charge is 0.123 e. The summed E-state index contributed by atoms with van der Waals surface area (Å²) < 4.78 is 13.1. The molecule has 0 radical (unpaired) electrons. The van der Waals surface area contributed by atoms with Crippen LogP contribution in [0.15, 0.2) is 29.6 Å². The SMILES string of the molecule is CC(C)(C#N)c1csc(-c2cccc(F)c2)n1. The van der Waals surface area contributed by atoms with Gasteiger partial charge < -0.3 is 0 Å². The van der Waals surface area contributed by atoms with E-state index in [1.165, 1.54) is 23.5 Å². The molecular weight excluding hydrogens is 235 g/mol. The summed E-state index contributed by atoms with van der Waals surface area (Å²) in [4.78, 5) is 4.39. The van der Waals surface area contributed by atoms with Gasteiger partial charge in [-0.2, -0.15) is 5.26 Å². The molecule has 4 heteroatoms. The molecule has 1 aromatic heterocycles. The second-order valence-corrected chi connectivity index (χ2v) is 5.14. The number of aromatic nitrogens is 1. The van der Waals surface area contributed by atoms with Gasteiger partial charge in [0.1, 0.15) is 10.8 Å². The fourth-order valence-electron chi connectivity index (χ4n) is 1.37. The molecule has 0 aliphatic carbocycles. The van der Waals surface area contributed by atoms with Crippen molar-refractivity contribution in [1.82, 2.24) is 4.98 Å². The van der Waals surface area contributed by atoms with E-state index < -0.39 is 5.41 Å². The Bertz CT molecular complexity index is 581. The molecule has 0 saturated heterocycles. The highest BCUT2D eigenvalue weighted by Crippen LogP contribution is 2.29. The van der Waals surface area contributed by atoms with E-state index in [-0.39, 0.29) is 5.82 Å². The van der Waals surface area contributed by atoms with E-state index in [1.807, 2.05) is 25.3 Å². The van der Waals surface area contributed by atoms with Crippen LogP contribution in [0.1, 0.15) is 19.5 Å². The van der Waals surface area contributed by atoms with Gasteiger partial charge in [-0.3, -0.25) is 0 Å². The van der Waals surface area contributed by atoms with Crippen LogP contribution < -0.4 is 0 Å². The van der Waals surface area contributed by atoms with Crippen molar-refractivity contribution >= 4 is 11.3 Å². The van der Waals surface area contributed by atoms with Gasteiger partial charge in [-0.15, -0.1) is 11.3 Å². The van der Waals surface area contributed by atoms with Crippen LogP contribution >= 0.6 is 11.3 Å². The van der Waals surface area contributed by atoms with Gasteiger partial charge in [0.25, 0.3) is 0 Å². The molecule has 0 N–H and O–H groups in total. The maximum absolute atomic E-state index is 13.1. The molecule has 0 unspecified atom stereocenters. The van der Waals surface area contributed by atoms with E-state index >= 15 is 0 Å². The van der Waals surface area contributed by atoms with Gasteiger partial charge in [-0.05, 0) is 26.0 Å². The number of hydrogen-bond acceptors (Lipinski definition) is 3. The van der Waals surface area contributed by atoms with Gasteiger partial charge in [-0.1, -0.05) is 12.1 Å². The van der Waals surface area contributed by atoms with Crippen LogP contribution in [0.25, 0.3) is 10.6 Å². The lowest BCUT2D eigenvalue weighted by atomic mass is 9.92. The van der Waals surface area contributed by atoms with Crippen LogP contribution in [0.2, 0.25) is 0 Å². The van der Waals surface area contributed by atoms with Crippen LogP contribution in [0, 0.1) is 17.1 Å². The average Bonchev–Trinajstić information content (AvgIpc) is 2.79. The van der Waals surface area contributed by atoms with Crippen molar-refractivity contribution in [2.45, 2.75) is 19.3 Å². The second kappa shape index (κ2) is 4.27. The summed E-state index contributed by atoms with van der Waals surface area (Å²) in [6, 6.07) is 8.51. The van der Waals surface area contributed by atoms with E-state index in [0.717, 1.165) is 16.3 Å². The van der Waals surface area contributed by atoms with Gasteiger partial charge in [0.05, 0.1) is 17.2 Å². The lowest BCUT2D eigenvalue weighted by Crippen LogP contribution is -2.14. The molecule has 0 spiro atoms. The Kier molecular flexibility index (Phi) is 2.95. The van der Waals surface area contributed by atoms with Gasteiger partial charge in [0.15, 0.2) is 0 Å². The maximum atomic E-state index is 13.1. The van der Waals surface area contributed by atoms with Crippen LogP contribution in [0.5, 0.6) is 0 Å². The number of nitrogens with zero attached hydrogens (tertiary/aromatic N) is 2. The molecule has 2 nitrogen and oxygen atoms in total. The summed E-state index contributed by atoms with van der Waals surface area (Å²) >= 11 is 1.42. The van der Waals surface area contributed by atoms with Gasteiger partial charge in [-0.25, -0.2) is 9.37 Å². The van der Waals surface area contributed by atoms with Crippen LogP contribution in [-0.4, -0.2) is 4.98 Å². The molecular formula is C13H11FN2S. The Balaban J connectivity index is 2.41. The molecule has 0 fully saturated rings.